The molecular formula is C13H20N2O2. The van der Waals surface area contributed by atoms with Crippen LogP contribution < -0.4 is 10.1 Å². The Kier molecular flexibility index (Phi) is 5.33. The minimum atomic E-state index is 0.0781. The van der Waals surface area contributed by atoms with Crippen molar-refractivity contribution in [2.24, 2.45) is 0 Å². The first kappa shape index (κ1) is 13.4. The van der Waals surface area contributed by atoms with Crippen molar-refractivity contribution in [1.82, 2.24) is 4.90 Å². The third-order valence-corrected chi connectivity index (χ3v) is 2.49. The molecule has 1 aromatic rings. The normalized spacial score (nSPS) is 9.82. The SMILES string of the molecule is CCOc1cccc(NCC(=O)N(C)CC)c1. The van der Waals surface area contributed by atoms with Crippen LogP contribution in [-0.2, 0) is 4.79 Å². The van der Waals surface area contributed by atoms with Crippen LogP contribution in [0.4, 0.5) is 5.69 Å². The van der Waals surface area contributed by atoms with Gasteiger partial charge in [0.15, 0.2) is 0 Å². The summed E-state index contributed by atoms with van der Waals surface area (Å²) in [5.41, 5.74) is 0.897. The van der Waals surface area contributed by atoms with Crippen LogP contribution in [0.25, 0.3) is 0 Å². The van der Waals surface area contributed by atoms with Crippen LogP contribution >= 0.6 is 0 Å². The van der Waals surface area contributed by atoms with Gasteiger partial charge in [-0.25, -0.2) is 0 Å². The lowest BCUT2D eigenvalue weighted by Gasteiger charge is -2.15. The summed E-state index contributed by atoms with van der Waals surface area (Å²) in [4.78, 5) is 13.3. The van der Waals surface area contributed by atoms with Gasteiger partial charge in [-0.05, 0) is 26.0 Å². The number of hydrogen-bond donors (Lipinski definition) is 1. The van der Waals surface area contributed by atoms with Crippen LogP contribution in [0.3, 0.4) is 0 Å². The standard InChI is InChI=1S/C13H20N2O2/c1-4-15(3)13(16)10-14-11-7-6-8-12(9-11)17-5-2/h6-9,14H,4-5,10H2,1-3H3. The molecule has 0 atom stereocenters. The lowest BCUT2D eigenvalue weighted by molar-refractivity contribution is -0.127. The van der Waals surface area contributed by atoms with Crippen molar-refractivity contribution in [3.63, 3.8) is 0 Å². The summed E-state index contributed by atoms with van der Waals surface area (Å²) in [6, 6.07) is 7.61. The maximum Gasteiger partial charge on any atom is 0.241 e. The van der Waals surface area contributed by atoms with Crippen LogP contribution in [0, 0.1) is 0 Å². The van der Waals surface area contributed by atoms with Gasteiger partial charge in [-0.3, -0.25) is 4.79 Å². The Morgan fingerprint density at radius 1 is 1.41 bits per heavy atom. The van der Waals surface area contributed by atoms with Crippen molar-refractivity contribution in [1.29, 1.82) is 0 Å². The smallest absolute Gasteiger partial charge is 0.241 e. The van der Waals surface area contributed by atoms with E-state index in [0.717, 1.165) is 18.0 Å². The van der Waals surface area contributed by atoms with Gasteiger partial charge in [0.1, 0.15) is 5.75 Å². The molecule has 94 valence electrons. The number of nitrogens with one attached hydrogen (secondary N) is 1. The Bertz CT molecular complexity index is 366. The molecule has 1 aromatic carbocycles. The molecule has 0 aliphatic carbocycles. The first-order chi connectivity index (χ1) is 8.17. The zero-order chi connectivity index (χ0) is 12.7. The molecule has 0 fully saturated rings. The van der Waals surface area contributed by atoms with Gasteiger partial charge in [0.2, 0.25) is 5.91 Å². The Labute approximate surface area is 103 Å². The molecule has 0 unspecified atom stereocenters. The van der Waals surface area contributed by atoms with Crippen LogP contribution in [0.1, 0.15) is 13.8 Å². The van der Waals surface area contributed by atoms with Gasteiger partial charge in [0, 0.05) is 25.3 Å². The number of carbonyl (C=O) groups is 1. The molecule has 1 N–H and O–H groups in total. The molecule has 0 saturated carbocycles. The van der Waals surface area contributed by atoms with E-state index >= 15 is 0 Å². The predicted molar refractivity (Wildman–Crippen MR) is 69.4 cm³/mol. The fraction of sp³-hybridized carbons (Fsp3) is 0.462. The summed E-state index contributed by atoms with van der Waals surface area (Å²) in [5.74, 6) is 0.892. The van der Waals surface area contributed by atoms with Crippen LogP contribution in [0.5, 0.6) is 5.75 Å². The Balaban J connectivity index is 2.51. The van der Waals surface area contributed by atoms with Crippen LogP contribution in [0.15, 0.2) is 24.3 Å². The first-order valence-corrected chi connectivity index (χ1v) is 5.88. The maximum absolute atomic E-state index is 11.6. The molecule has 4 heteroatoms. The second-order valence-electron chi connectivity index (χ2n) is 3.72. The average molecular weight is 236 g/mol. The highest BCUT2D eigenvalue weighted by atomic mass is 16.5. The first-order valence-electron chi connectivity index (χ1n) is 5.88. The zero-order valence-electron chi connectivity index (χ0n) is 10.7. The van der Waals surface area contributed by atoms with E-state index in [1.54, 1.807) is 11.9 Å². The van der Waals surface area contributed by atoms with Gasteiger partial charge in [-0.2, -0.15) is 0 Å². The number of ether oxygens (including phenoxy) is 1. The number of likely N-dealkylation sites (N-methyl/N-ethyl adjacent to an activating group) is 1. The molecule has 4 nitrogen and oxygen atoms in total. The van der Waals surface area contributed by atoms with Gasteiger partial charge >= 0.3 is 0 Å². The van der Waals surface area contributed by atoms with Crippen molar-refractivity contribution in [3.8, 4) is 5.75 Å². The van der Waals surface area contributed by atoms with E-state index in [1.807, 2.05) is 38.1 Å². The Morgan fingerprint density at radius 3 is 2.82 bits per heavy atom. The third-order valence-electron chi connectivity index (χ3n) is 2.49. The fourth-order valence-corrected chi connectivity index (χ4v) is 1.35. The van der Waals surface area contributed by atoms with Crippen molar-refractivity contribution >= 4 is 11.6 Å². The number of anilines is 1. The molecule has 0 aliphatic heterocycles. The second-order valence-corrected chi connectivity index (χ2v) is 3.72. The summed E-state index contributed by atoms with van der Waals surface area (Å²) in [6.07, 6.45) is 0. The van der Waals surface area contributed by atoms with Gasteiger partial charge in [-0.1, -0.05) is 6.07 Å². The van der Waals surface area contributed by atoms with E-state index in [0.29, 0.717) is 13.2 Å². The van der Waals surface area contributed by atoms with Crippen LogP contribution in [-0.4, -0.2) is 37.6 Å². The molecule has 0 bridgehead atoms. The molecule has 0 saturated heterocycles. The maximum atomic E-state index is 11.6. The summed E-state index contributed by atoms with van der Waals surface area (Å²) in [5, 5.41) is 3.09. The van der Waals surface area contributed by atoms with Crippen LogP contribution in [0.2, 0.25) is 0 Å². The molecule has 0 radical (unpaired) electrons. The predicted octanol–water partition coefficient (Wildman–Crippen LogP) is 1.98. The summed E-state index contributed by atoms with van der Waals surface area (Å²) < 4.78 is 5.39. The molecule has 1 rings (SSSR count). The van der Waals surface area contributed by atoms with E-state index < -0.39 is 0 Å². The molecule has 1 amide bonds. The zero-order valence-corrected chi connectivity index (χ0v) is 10.7. The lowest BCUT2D eigenvalue weighted by atomic mass is 10.3. The Hall–Kier alpha value is -1.71. The largest absolute Gasteiger partial charge is 0.494 e. The number of carbonyl (C=O) groups excluding carboxylic acids is 1. The highest BCUT2D eigenvalue weighted by molar-refractivity contribution is 5.80. The highest BCUT2D eigenvalue weighted by Gasteiger charge is 2.05. The molecular weight excluding hydrogens is 216 g/mol. The van der Waals surface area contributed by atoms with Gasteiger partial charge in [-0.15, -0.1) is 0 Å². The van der Waals surface area contributed by atoms with Crippen molar-refractivity contribution in [2.75, 3.05) is 32.1 Å². The molecule has 0 aliphatic rings. The number of benzene rings is 1. The molecule has 0 heterocycles. The Morgan fingerprint density at radius 2 is 2.18 bits per heavy atom. The average Bonchev–Trinajstić information content (AvgIpc) is 2.36. The lowest BCUT2D eigenvalue weighted by Crippen LogP contribution is -2.31. The quantitative estimate of drug-likeness (QED) is 0.821. The van der Waals surface area contributed by atoms with Crippen molar-refractivity contribution in [2.45, 2.75) is 13.8 Å². The van der Waals surface area contributed by atoms with Crippen molar-refractivity contribution < 1.29 is 9.53 Å². The summed E-state index contributed by atoms with van der Waals surface area (Å²) in [7, 11) is 1.79. The molecule has 0 aromatic heterocycles. The topological polar surface area (TPSA) is 41.6 Å². The van der Waals surface area contributed by atoms with E-state index in [2.05, 4.69) is 5.32 Å². The number of nitrogens with zero attached hydrogens (tertiary/aromatic N) is 1. The third kappa shape index (κ3) is 4.34. The van der Waals surface area contributed by atoms with E-state index in [9.17, 15) is 4.79 Å². The van der Waals surface area contributed by atoms with Gasteiger partial charge in [0.25, 0.3) is 0 Å². The molecule has 17 heavy (non-hydrogen) atoms. The van der Waals surface area contributed by atoms with E-state index in [1.165, 1.54) is 0 Å². The number of rotatable bonds is 6. The minimum absolute atomic E-state index is 0.0781. The second kappa shape index (κ2) is 6.78. The monoisotopic (exact) mass is 236 g/mol. The summed E-state index contributed by atoms with van der Waals surface area (Å²) >= 11 is 0. The van der Waals surface area contributed by atoms with Gasteiger partial charge in [0.05, 0.1) is 13.2 Å². The highest BCUT2D eigenvalue weighted by Crippen LogP contribution is 2.16. The number of hydrogen-bond acceptors (Lipinski definition) is 3. The fourth-order valence-electron chi connectivity index (χ4n) is 1.35. The summed E-state index contributed by atoms with van der Waals surface area (Å²) in [6.45, 7) is 5.56. The van der Waals surface area contributed by atoms with Gasteiger partial charge < -0.3 is 15.0 Å². The molecule has 0 spiro atoms. The van der Waals surface area contributed by atoms with Crippen molar-refractivity contribution in [3.05, 3.63) is 24.3 Å². The van der Waals surface area contributed by atoms with E-state index in [4.69, 9.17) is 4.74 Å². The minimum Gasteiger partial charge on any atom is -0.494 e. The number of amides is 1. The van der Waals surface area contributed by atoms with E-state index in [-0.39, 0.29) is 5.91 Å².